The average Bonchev–Trinajstić information content (AvgIpc) is 2.46. The van der Waals surface area contributed by atoms with Gasteiger partial charge in [0.1, 0.15) is 5.69 Å². The third kappa shape index (κ3) is 3.46. The molecule has 2 rings (SSSR count). The molecule has 0 atom stereocenters. The Hall–Kier alpha value is -2.11. The summed E-state index contributed by atoms with van der Waals surface area (Å²) in [6.07, 6.45) is 5.75. The first-order chi connectivity index (χ1) is 9.58. The lowest BCUT2D eigenvalue weighted by molar-refractivity contribution is -0.383. The van der Waals surface area contributed by atoms with Gasteiger partial charge in [-0.25, -0.2) is 4.79 Å². The Bertz CT molecular complexity index is 510. The highest BCUT2D eigenvalue weighted by molar-refractivity contribution is 5.91. The summed E-state index contributed by atoms with van der Waals surface area (Å²) in [5.41, 5.74) is 5.43. The van der Waals surface area contributed by atoms with E-state index in [1.807, 2.05) is 0 Å². The molecule has 0 unspecified atom stereocenters. The van der Waals surface area contributed by atoms with Crippen LogP contribution in [-0.4, -0.2) is 17.5 Å². The molecule has 0 aliphatic heterocycles. The normalized spacial score (nSPS) is 15.8. The number of hydrogen-bond donors (Lipinski definition) is 1. The van der Waals surface area contributed by atoms with Crippen LogP contribution in [0, 0.1) is 16.0 Å². The van der Waals surface area contributed by atoms with Gasteiger partial charge in [0.2, 0.25) is 0 Å². The second-order valence-electron chi connectivity index (χ2n) is 5.13. The monoisotopic (exact) mass is 278 g/mol. The number of carbonyl (C=O) groups excluding carboxylic acids is 1. The number of hydrogen-bond acceptors (Lipinski definition) is 5. The number of rotatable bonds is 4. The molecular formula is C14H18N2O4. The molecule has 0 spiro atoms. The van der Waals surface area contributed by atoms with Gasteiger partial charge in [-0.15, -0.1) is 0 Å². The number of nitro groups is 1. The molecule has 1 aliphatic carbocycles. The number of esters is 1. The van der Waals surface area contributed by atoms with Crippen molar-refractivity contribution in [1.82, 2.24) is 0 Å². The predicted octanol–water partition coefficient (Wildman–Crippen LogP) is 2.91. The lowest BCUT2D eigenvalue weighted by Gasteiger charge is -2.21. The maximum absolute atomic E-state index is 11.9. The number of nitrogens with two attached hydrogens (primary N) is 1. The second kappa shape index (κ2) is 6.36. The van der Waals surface area contributed by atoms with Crippen molar-refractivity contribution >= 4 is 17.3 Å². The molecule has 1 aliphatic rings. The largest absolute Gasteiger partial charge is 0.462 e. The standard InChI is InChI=1S/C14H18N2O4/c15-12-7-6-11(8-13(12)16(18)19)14(17)20-9-10-4-2-1-3-5-10/h6-8,10H,1-5,9,15H2. The van der Waals surface area contributed by atoms with Crippen LogP contribution in [0.2, 0.25) is 0 Å². The van der Waals surface area contributed by atoms with Crippen LogP contribution in [0.4, 0.5) is 11.4 Å². The summed E-state index contributed by atoms with van der Waals surface area (Å²) < 4.78 is 5.24. The van der Waals surface area contributed by atoms with Crippen molar-refractivity contribution < 1.29 is 14.5 Å². The van der Waals surface area contributed by atoms with Gasteiger partial charge in [-0.3, -0.25) is 10.1 Å². The van der Waals surface area contributed by atoms with Gasteiger partial charge in [-0.2, -0.15) is 0 Å². The van der Waals surface area contributed by atoms with Gasteiger partial charge >= 0.3 is 5.97 Å². The zero-order valence-electron chi connectivity index (χ0n) is 11.2. The first-order valence-corrected chi connectivity index (χ1v) is 6.79. The van der Waals surface area contributed by atoms with Crippen molar-refractivity contribution in [2.75, 3.05) is 12.3 Å². The van der Waals surface area contributed by atoms with Crippen molar-refractivity contribution in [1.29, 1.82) is 0 Å². The fourth-order valence-corrected chi connectivity index (χ4v) is 2.46. The first-order valence-electron chi connectivity index (χ1n) is 6.79. The van der Waals surface area contributed by atoms with Gasteiger partial charge in [0, 0.05) is 6.07 Å². The highest BCUT2D eigenvalue weighted by atomic mass is 16.6. The smallest absolute Gasteiger partial charge is 0.338 e. The van der Waals surface area contributed by atoms with E-state index in [1.165, 1.54) is 37.5 Å². The number of carbonyl (C=O) groups is 1. The zero-order chi connectivity index (χ0) is 14.5. The van der Waals surface area contributed by atoms with E-state index >= 15 is 0 Å². The van der Waals surface area contributed by atoms with Gasteiger partial charge in [-0.05, 0) is 30.9 Å². The Morgan fingerprint density at radius 2 is 2.05 bits per heavy atom. The minimum absolute atomic E-state index is 0.0406. The molecular weight excluding hydrogens is 260 g/mol. The van der Waals surface area contributed by atoms with Crippen molar-refractivity contribution in [3.05, 3.63) is 33.9 Å². The molecule has 1 aromatic carbocycles. The Morgan fingerprint density at radius 1 is 1.35 bits per heavy atom. The molecule has 0 heterocycles. The molecule has 6 heteroatoms. The van der Waals surface area contributed by atoms with Crippen LogP contribution in [0.1, 0.15) is 42.5 Å². The Balaban J connectivity index is 1.98. The van der Waals surface area contributed by atoms with Gasteiger partial charge in [0.25, 0.3) is 5.69 Å². The van der Waals surface area contributed by atoms with E-state index in [0.717, 1.165) is 12.8 Å². The number of nitro benzene ring substituents is 1. The van der Waals surface area contributed by atoms with E-state index in [9.17, 15) is 14.9 Å². The molecule has 0 saturated heterocycles. The summed E-state index contributed by atoms with van der Waals surface area (Å²) >= 11 is 0. The highest BCUT2D eigenvalue weighted by Crippen LogP contribution is 2.25. The molecule has 0 aromatic heterocycles. The van der Waals surface area contributed by atoms with Gasteiger partial charge in [-0.1, -0.05) is 19.3 Å². The Morgan fingerprint density at radius 3 is 2.70 bits per heavy atom. The van der Waals surface area contributed by atoms with Crippen LogP contribution in [0.5, 0.6) is 0 Å². The van der Waals surface area contributed by atoms with Crippen LogP contribution >= 0.6 is 0 Å². The summed E-state index contributed by atoms with van der Waals surface area (Å²) in [4.78, 5) is 22.1. The van der Waals surface area contributed by atoms with E-state index in [1.54, 1.807) is 0 Å². The van der Waals surface area contributed by atoms with Crippen LogP contribution in [0.3, 0.4) is 0 Å². The maximum atomic E-state index is 11.9. The number of nitrogens with zero attached hydrogens (tertiary/aromatic N) is 1. The van der Waals surface area contributed by atoms with Crippen LogP contribution in [0.15, 0.2) is 18.2 Å². The maximum Gasteiger partial charge on any atom is 0.338 e. The van der Waals surface area contributed by atoms with Crippen molar-refractivity contribution in [3.63, 3.8) is 0 Å². The van der Waals surface area contributed by atoms with Crippen LogP contribution in [-0.2, 0) is 4.74 Å². The number of anilines is 1. The fraction of sp³-hybridized carbons (Fsp3) is 0.500. The summed E-state index contributed by atoms with van der Waals surface area (Å²) in [6.45, 7) is 0.386. The molecule has 2 N–H and O–H groups in total. The van der Waals surface area contributed by atoms with Crippen molar-refractivity contribution in [3.8, 4) is 0 Å². The van der Waals surface area contributed by atoms with Crippen LogP contribution in [0.25, 0.3) is 0 Å². The van der Waals surface area contributed by atoms with Crippen molar-refractivity contribution in [2.45, 2.75) is 32.1 Å². The zero-order valence-corrected chi connectivity index (χ0v) is 11.2. The van der Waals surface area contributed by atoms with Gasteiger partial charge < -0.3 is 10.5 Å². The summed E-state index contributed by atoms with van der Waals surface area (Å²) in [5.74, 6) is -0.116. The summed E-state index contributed by atoms with van der Waals surface area (Å²) in [6, 6.07) is 3.97. The third-order valence-corrected chi connectivity index (χ3v) is 3.64. The quantitative estimate of drug-likeness (QED) is 0.395. The Kier molecular flexibility index (Phi) is 4.55. The summed E-state index contributed by atoms with van der Waals surface area (Å²) in [7, 11) is 0. The fourth-order valence-electron chi connectivity index (χ4n) is 2.46. The molecule has 0 bridgehead atoms. The molecule has 0 radical (unpaired) electrons. The topological polar surface area (TPSA) is 95.5 Å². The van der Waals surface area contributed by atoms with E-state index in [-0.39, 0.29) is 16.9 Å². The average molecular weight is 278 g/mol. The minimum atomic E-state index is -0.604. The Labute approximate surface area is 117 Å². The lowest BCUT2D eigenvalue weighted by atomic mass is 9.90. The lowest BCUT2D eigenvalue weighted by Crippen LogP contribution is -2.17. The number of nitrogen functional groups attached to an aromatic ring is 1. The van der Waals surface area contributed by atoms with Crippen LogP contribution < -0.4 is 5.73 Å². The van der Waals surface area contributed by atoms with E-state index in [2.05, 4.69) is 0 Å². The minimum Gasteiger partial charge on any atom is -0.462 e. The highest BCUT2D eigenvalue weighted by Gasteiger charge is 2.19. The van der Waals surface area contributed by atoms with Gasteiger partial charge in [0.05, 0.1) is 17.1 Å². The van der Waals surface area contributed by atoms with E-state index in [0.29, 0.717) is 12.5 Å². The van der Waals surface area contributed by atoms with Gasteiger partial charge in [0.15, 0.2) is 0 Å². The molecule has 1 aromatic rings. The second-order valence-corrected chi connectivity index (χ2v) is 5.13. The SMILES string of the molecule is Nc1ccc(C(=O)OCC2CCCCC2)cc1[N+](=O)[O-]. The first kappa shape index (κ1) is 14.3. The number of benzene rings is 1. The van der Waals surface area contributed by atoms with E-state index in [4.69, 9.17) is 10.5 Å². The summed E-state index contributed by atoms with van der Waals surface area (Å²) in [5, 5.41) is 10.8. The molecule has 1 fully saturated rings. The third-order valence-electron chi connectivity index (χ3n) is 3.64. The molecule has 1 saturated carbocycles. The molecule has 6 nitrogen and oxygen atoms in total. The predicted molar refractivity (Wildman–Crippen MR) is 74.4 cm³/mol. The van der Waals surface area contributed by atoms with Crippen molar-refractivity contribution in [2.24, 2.45) is 5.92 Å². The molecule has 108 valence electrons. The molecule has 20 heavy (non-hydrogen) atoms. The molecule has 0 amide bonds. The number of ether oxygens (including phenoxy) is 1. The van der Waals surface area contributed by atoms with E-state index < -0.39 is 10.9 Å².